The normalized spacial score (nSPS) is 12.4. The Labute approximate surface area is 157 Å². The number of halogens is 4. The van der Waals surface area contributed by atoms with E-state index in [0.29, 0.717) is 21.2 Å². The number of hydrogen-bond acceptors (Lipinski definition) is 3. The fraction of sp³-hybridized carbons (Fsp3) is 0.250. The van der Waals surface area contributed by atoms with E-state index in [1.807, 2.05) is 20.8 Å². The van der Waals surface area contributed by atoms with E-state index in [9.17, 15) is 17.6 Å². The Hall–Kier alpha value is -3.03. The fourth-order valence-electron chi connectivity index (χ4n) is 3.30. The van der Waals surface area contributed by atoms with Crippen LogP contribution in [-0.2, 0) is 5.41 Å². The molecule has 0 saturated heterocycles. The average Bonchev–Trinajstić information content (AvgIpc) is 2.96. The van der Waals surface area contributed by atoms with Crippen LogP contribution in [0, 0.1) is 11.6 Å². The molecule has 0 aromatic carbocycles. The Morgan fingerprint density at radius 3 is 2.36 bits per heavy atom. The Morgan fingerprint density at radius 1 is 0.964 bits per heavy atom. The quantitative estimate of drug-likeness (QED) is 0.419. The van der Waals surface area contributed by atoms with Gasteiger partial charge in [0.25, 0.3) is 0 Å². The van der Waals surface area contributed by atoms with Gasteiger partial charge in [-0.05, 0) is 18.2 Å². The van der Waals surface area contributed by atoms with Crippen molar-refractivity contribution in [3.05, 3.63) is 54.1 Å². The molecule has 0 bridgehead atoms. The Kier molecular flexibility index (Phi) is 4.10. The van der Waals surface area contributed by atoms with Gasteiger partial charge in [-0.2, -0.15) is 8.78 Å². The molecule has 28 heavy (non-hydrogen) atoms. The van der Waals surface area contributed by atoms with Crippen LogP contribution in [0.1, 0.15) is 33.0 Å². The number of nitrogens with zero attached hydrogens (tertiary/aromatic N) is 4. The summed E-state index contributed by atoms with van der Waals surface area (Å²) in [5, 5.41) is 0.576. The number of hydrogen-bond donors (Lipinski definition) is 0. The van der Waals surface area contributed by atoms with Crippen molar-refractivity contribution >= 4 is 21.9 Å². The molecule has 4 heterocycles. The van der Waals surface area contributed by atoms with Crippen LogP contribution in [0.4, 0.5) is 17.6 Å². The first-order valence-corrected chi connectivity index (χ1v) is 8.57. The van der Waals surface area contributed by atoms with Crippen LogP contribution in [-0.4, -0.2) is 19.5 Å². The first-order valence-electron chi connectivity index (χ1n) is 8.57. The van der Waals surface area contributed by atoms with Gasteiger partial charge in [0.2, 0.25) is 0 Å². The fourth-order valence-corrected chi connectivity index (χ4v) is 3.30. The van der Waals surface area contributed by atoms with E-state index >= 15 is 0 Å². The van der Waals surface area contributed by atoms with Crippen molar-refractivity contribution in [3.8, 4) is 11.3 Å². The van der Waals surface area contributed by atoms with Gasteiger partial charge >= 0.3 is 6.55 Å². The van der Waals surface area contributed by atoms with Crippen LogP contribution in [0.3, 0.4) is 0 Å². The van der Waals surface area contributed by atoms with E-state index in [-0.39, 0.29) is 22.2 Å². The molecule has 0 aliphatic heterocycles. The van der Waals surface area contributed by atoms with E-state index < -0.39 is 23.6 Å². The molecule has 0 unspecified atom stereocenters. The van der Waals surface area contributed by atoms with Crippen molar-refractivity contribution in [3.63, 3.8) is 0 Å². The van der Waals surface area contributed by atoms with Gasteiger partial charge in [-0.1, -0.05) is 20.8 Å². The van der Waals surface area contributed by atoms with Crippen LogP contribution < -0.4 is 0 Å². The van der Waals surface area contributed by atoms with Crippen molar-refractivity contribution in [2.75, 3.05) is 0 Å². The maximum absolute atomic E-state index is 14.5. The zero-order valence-electron chi connectivity index (χ0n) is 15.3. The number of aromatic nitrogens is 4. The third-order valence-corrected chi connectivity index (χ3v) is 4.55. The molecule has 4 aromatic heterocycles. The number of pyridine rings is 3. The summed E-state index contributed by atoms with van der Waals surface area (Å²) in [4.78, 5) is 12.2. The molecule has 0 amide bonds. The monoisotopic (exact) mass is 388 g/mol. The van der Waals surface area contributed by atoms with Gasteiger partial charge in [0.05, 0.1) is 23.1 Å². The highest BCUT2D eigenvalue weighted by molar-refractivity contribution is 6.07. The van der Waals surface area contributed by atoms with Gasteiger partial charge in [0.15, 0.2) is 5.82 Å². The SMILES string of the molecule is CC(C)(C)c1ncc(-c2ccc3c4cncc(F)c4n(C(F)F)c3n2)cc1F. The standard InChI is InChI=1S/C20H16F4N4/c1-20(2,3)17-13(21)6-10(7-26-17)15-5-4-11-12-8-25-9-14(22)16(12)28(19(23)24)18(11)27-15/h4-9,19H,1-3H3. The summed E-state index contributed by atoms with van der Waals surface area (Å²) < 4.78 is 56.6. The van der Waals surface area contributed by atoms with Crippen molar-refractivity contribution in [1.82, 2.24) is 19.5 Å². The summed E-state index contributed by atoms with van der Waals surface area (Å²) in [7, 11) is 0. The highest BCUT2D eigenvalue weighted by Gasteiger charge is 2.23. The summed E-state index contributed by atoms with van der Waals surface area (Å²) in [6, 6.07) is 4.39. The van der Waals surface area contributed by atoms with Crippen LogP contribution >= 0.6 is 0 Å². The molecular formula is C20H16F4N4. The molecule has 144 valence electrons. The smallest absolute Gasteiger partial charge is 0.265 e. The molecule has 0 aliphatic rings. The Bertz CT molecular complexity index is 1210. The lowest BCUT2D eigenvalue weighted by molar-refractivity contribution is 0.0785. The third-order valence-electron chi connectivity index (χ3n) is 4.55. The first-order chi connectivity index (χ1) is 13.2. The summed E-state index contributed by atoms with van der Waals surface area (Å²) in [6.07, 6.45) is 3.65. The summed E-state index contributed by atoms with van der Waals surface area (Å²) >= 11 is 0. The van der Waals surface area contributed by atoms with Crippen LogP contribution in [0.2, 0.25) is 0 Å². The minimum Gasteiger partial charge on any atom is -0.265 e. The lowest BCUT2D eigenvalue weighted by atomic mass is 9.91. The van der Waals surface area contributed by atoms with Crippen LogP contribution in [0.15, 0.2) is 36.8 Å². The minimum absolute atomic E-state index is 0.102. The lowest BCUT2D eigenvalue weighted by Crippen LogP contribution is -2.16. The summed E-state index contributed by atoms with van der Waals surface area (Å²) in [5.74, 6) is -1.36. The number of rotatable bonds is 2. The Morgan fingerprint density at radius 2 is 1.71 bits per heavy atom. The number of fused-ring (bicyclic) bond motifs is 3. The molecule has 4 aromatic rings. The molecule has 4 rings (SSSR count). The molecule has 0 fully saturated rings. The van der Waals surface area contributed by atoms with Gasteiger partial charge < -0.3 is 0 Å². The zero-order chi connectivity index (χ0) is 20.2. The highest BCUT2D eigenvalue weighted by atomic mass is 19.3. The van der Waals surface area contributed by atoms with E-state index in [1.165, 1.54) is 18.5 Å². The number of alkyl halides is 2. The second-order valence-electron chi connectivity index (χ2n) is 7.54. The van der Waals surface area contributed by atoms with Gasteiger partial charge in [-0.15, -0.1) is 0 Å². The molecule has 0 radical (unpaired) electrons. The van der Waals surface area contributed by atoms with Crippen LogP contribution in [0.25, 0.3) is 33.2 Å². The first kappa shape index (κ1) is 18.3. The molecule has 0 spiro atoms. The van der Waals surface area contributed by atoms with Crippen molar-refractivity contribution in [2.24, 2.45) is 0 Å². The highest BCUT2D eigenvalue weighted by Crippen LogP contribution is 2.34. The van der Waals surface area contributed by atoms with E-state index in [0.717, 1.165) is 6.20 Å². The molecule has 8 heteroatoms. The average molecular weight is 388 g/mol. The lowest BCUT2D eigenvalue weighted by Gasteiger charge is -2.18. The molecule has 0 atom stereocenters. The summed E-state index contributed by atoms with van der Waals surface area (Å²) in [6.45, 7) is 2.52. The zero-order valence-corrected chi connectivity index (χ0v) is 15.3. The molecule has 0 N–H and O–H groups in total. The largest absolute Gasteiger partial charge is 0.320 e. The van der Waals surface area contributed by atoms with Gasteiger partial charge in [0.1, 0.15) is 11.5 Å². The van der Waals surface area contributed by atoms with Gasteiger partial charge in [-0.3, -0.25) is 14.5 Å². The predicted octanol–water partition coefficient (Wildman–Crippen LogP) is 5.62. The van der Waals surface area contributed by atoms with Crippen molar-refractivity contribution in [1.29, 1.82) is 0 Å². The summed E-state index contributed by atoms with van der Waals surface area (Å²) in [5.41, 5.74) is 0.0560. The Balaban J connectivity index is 1.96. The van der Waals surface area contributed by atoms with Crippen molar-refractivity contribution in [2.45, 2.75) is 32.7 Å². The minimum atomic E-state index is -3.00. The van der Waals surface area contributed by atoms with Gasteiger partial charge in [-0.25, -0.2) is 13.8 Å². The third kappa shape index (κ3) is 2.80. The topological polar surface area (TPSA) is 43.6 Å². The molecule has 0 aliphatic carbocycles. The van der Waals surface area contributed by atoms with Crippen molar-refractivity contribution < 1.29 is 17.6 Å². The van der Waals surface area contributed by atoms with Crippen LogP contribution in [0.5, 0.6) is 0 Å². The van der Waals surface area contributed by atoms with E-state index in [4.69, 9.17) is 0 Å². The molecule has 4 nitrogen and oxygen atoms in total. The van der Waals surface area contributed by atoms with Gasteiger partial charge in [0, 0.05) is 34.1 Å². The maximum atomic E-state index is 14.5. The predicted molar refractivity (Wildman–Crippen MR) is 98.1 cm³/mol. The van der Waals surface area contributed by atoms with E-state index in [2.05, 4.69) is 15.0 Å². The van der Waals surface area contributed by atoms with E-state index in [1.54, 1.807) is 12.1 Å². The molecular weight excluding hydrogens is 372 g/mol. The maximum Gasteiger partial charge on any atom is 0.320 e. The molecule has 0 saturated carbocycles. The second kappa shape index (κ2) is 6.25. The second-order valence-corrected chi connectivity index (χ2v) is 7.54.